The van der Waals surface area contributed by atoms with Gasteiger partial charge in [-0.1, -0.05) is 12.2 Å². The van der Waals surface area contributed by atoms with E-state index in [4.69, 9.17) is 4.74 Å². The molecular weight excluding hydrogens is 220 g/mol. The van der Waals surface area contributed by atoms with Crippen LogP contribution in [-0.2, 0) is 14.3 Å². The Kier molecular flexibility index (Phi) is 6.17. The van der Waals surface area contributed by atoms with Gasteiger partial charge in [-0.05, 0) is 6.92 Å². The highest BCUT2D eigenvalue weighted by atomic mass is 16.5. The van der Waals surface area contributed by atoms with E-state index in [1.54, 1.807) is 11.1 Å². The average Bonchev–Trinajstić information content (AvgIpc) is 2.41. The molecule has 5 heteroatoms. The maximum absolute atomic E-state index is 10.1. The maximum Gasteiger partial charge on any atom is 0.209 e. The molecule has 2 heterocycles. The van der Waals surface area contributed by atoms with Gasteiger partial charge in [-0.2, -0.15) is 0 Å². The second-order valence-electron chi connectivity index (χ2n) is 3.89. The van der Waals surface area contributed by atoms with Gasteiger partial charge in [0.1, 0.15) is 6.29 Å². The van der Waals surface area contributed by atoms with Crippen LogP contribution in [0.5, 0.6) is 0 Å². The molecule has 17 heavy (non-hydrogen) atoms. The van der Waals surface area contributed by atoms with Crippen molar-refractivity contribution in [3.05, 3.63) is 12.2 Å². The molecule has 0 aromatic rings. The summed E-state index contributed by atoms with van der Waals surface area (Å²) in [5.41, 5.74) is 0. The van der Waals surface area contributed by atoms with E-state index in [2.05, 4.69) is 4.99 Å². The second kappa shape index (κ2) is 7.73. The summed E-state index contributed by atoms with van der Waals surface area (Å²) in [6.45, 7) is 4.87. The normalized spacial score (nSPS) is 27.0. The standard InChI is InChI=1S/C7H9NO.C5H9NO2/c1-6-2-3-7(5-9)4-8-6;7-5-6-1-3-8-4-2-6/h2-7H,1H3;5H,1-4H2. The minimum atomic E-state index is -0.0822. The topological polar surface area (TPSA) is 59.0 Å². The molecule has 2 atom stereocenters. The molecule has 5 nitrogen and oxygen atoms in total. The van der Waals surface area contributed by atoms with Crippen molar-refractivity contribution in [3.8, 4) is 0 Å². The Labute approximate surface area is 101 Å². The van der Waals surface area contributed by atoms with E-state index in [0.29, 0.717) is 13.2 Å². The molecule has 2 aliphatic rings. The molecule has 1 fully saturated rings. The van der Waals surface area contributed by atoms with E-state index in [1.165, 1.54) is 0 Å². The van der Waals surface area contributed by atoms with Crippen LogP contribution >= 0.6 is 0 Å². The Balaban J connectivity index is 0.000000171. The van der Waals surface area contributed by atoms with E-state index in [9.17, 15) is 9.59 Å². The molecule has 0 spiro atoms. The van der Waals surface area contributed by atoms with Crippen LogP contribution < -0.4 is 0 Å². The van der Waals surface area contributed by atoms with Crippen LogP contribution in [0, 0.1) is 5.92 Å². The molecule has 2 unspecified atom stereocenters. The summed E-state index contributed by atoms with van der Waals surface area (Å²) in [5.74, 6) is -0.0822. The van der Waals surface area contributed by atoms with Crippen molar-refractivity contribution in [1.82, 2.24) is 4.90 Å². The number of allylic oxidation sites excluding steroid dienone is 1. The number of dihydropyridines is 1. The van der Waals surface area contributed by atoms with Gasteiger partial charge in [-0.3, -0.25) is 9.79 Å². The van der Waals surface area contributed by atoms with Gasteiger partial charge in [-0.15, -0.1) is 0 Å². The number of carbonyl (C=O) groups excluding carboxylic acids is 2. The van der Waals surface area contributed by atoms with Crippen LogP contribution in [0.2, 0.25) is 0 Å². The minimum absolute atomic E-state index is 0.0822. The quantitative estimate of drug-likeness (QED) is 0.513. The predicted octanol–water partition coefficient (Wildman–Crippen LogP) is 0.306. The van der Waals surface area contributed by atoms with Crippen molar-refractivity contribution in [3.63, 3.8) is 0 Å². The van der Waals surface area contributed by atoms with Crippen molar-refractivity contribution < 1.29 is 14.3 Å². The number of amides is 1. The zero-order valence-electron chi connectivity index (χ0n) is 9.99. The van der Waals surface area contributed by atoms with Crippen molar-refractivity contribution in [2.24, 2.45) is 10.9 Å². The van der Waals surface area contributed by atoms with Crippen LogP contribution in [-0.4, -0.2) is 56.2 Å². The van der Waals surface area contributed by atoms with Gasteiger partial charge in [0.25, 0.3) is 0 Å². The third kappa shape index (κ3) is 5.40. The zero-order chi connectivity index (χ0) is 12.5. The van der Waals surface area contributed by atoms with Gasteiger partial charge in [0, 0.05) is 19.3 Å². The van der Waals surface area contributed by atoms with E-state index < -0.39 is 0 Å². The third-order valence-corrected chi connectivity index (χ3v) is 2.46. The van der Waals surface area contributed by atoms with Crippen LogP contribution in [0.1, 0.15) is 6.92 Å². The summed E-state index contributed by atoms with van der Waals surface area (Å²) in [4.78, 5) is 25.9. The van der Waals surface area contributed by atoms with E-state index >= 15 is 0 Å². The lowest BCUT2D eigenvalue weighted by atomic mass is 10.1. The Morgan fingerprint density at radius 3 is 2.41 bits per heavy atom. The Hall–Kier alpha value is -1.49. The summed E-state index contributed by atoms with van der Waals surface area (Å²) in [5, 5.41) is 0. The highest BCUT2D eigenvalue weighted by molar-refractivity contribution is 5.84. The number of ether oxygens (including phenoxy) is 1. The molecule has 0 radical (unpaired) electrons. The number of hydrogen-bond acceptors (Lipinski definition) is 4. The zero-order valence-corrected chi connectivity index (χ0v) is 9.99. The van der Waals surface area contributed by atoms with Crippen molar-refractivity contribution >= 4 is 18.9 Å². The van der Waals surface area contributed by atoms with Crippen molar-refractivity contribution in [2.75, 3.05) is 26.3 Å². The first-order valence-corrected chi connectivity index (χ1v) is 5.70. The Morgan fingerprint density at radius 1 is 1.29 bits per heavy atom. The van der Waals surface area contributed by atoms with E-state index in [1.807, 2.05) is 19.1 Å². The van der Waals surface area contributed by atoms with Crippen LogP contribution in [0.4, 0.5) is 0 Å². The van der Waals surface area contributed by atoms with E-state index in [-0.39, 0.29) is 12.0 Å². The highest BCUT2D eigenvalue weighted by Gasteiger charge is 2.05. The van der Waals surface area contributed by atoms with Crippen LogP contribution in [0.25, 0.3) is 0 Å². The first kappa shape index (κ1) is 13.6. The molecule has 0 aliphatic carbocycles. The molecule has 0 bridgehead atoms. The number of carbonyl (C=O) groups is 2. The number of rotatable bonds is 2. The third-order valence-electron chi connectivity index (χ3n) is 2.46. The van der Waals surface area contributed by atoms with Crippen molar-refractivity contribution in [2.45, 2.75) is 13.0 Å². The predicted molar refractivity (Wildman–Crippen MR) is 65.1 cm³/mol. The molecule has 2 rings (SSSR count). The first-order valence-electron chi connectivity index (χ1n) is 5.70. The van der Waals surface area contributed by atoms with Gasteiger partial charge >= 0.3 is 0 Å². The fourth-order valence-electron chi connectivity index (χ4n) is 1.39. The van der Waals surface area contributed by atoms with E-state index in [0.717, 1.165) is 25.8 Å². The number of aldehydes is 1. The molecule has 1 amide bonds. The highest BCUT2D eigenvalue weighted by Crippen LogP contribution is 2.02. The maximum atomic E-state index is 10.1. The van der Waals surface area contributed by atoms with Crippen LogP contribution in [0.3, 0.4) is 0 Å². The molecular formula is C12H18N2O3. The second-order valence-corrected chi connectivity index (χ2v) is 3.89. The lowest BCUT2D eigenvalue weighted by Crippen LogP contribution is -2.34. The number of hydrogen-bond donors (Lipinski definition) is 0. The summed E-state index contributed by atoms with van der Waals surface area (Å²) >= 11 is 0. The van der Waals surface area contributed by atoms with Gasteiger partial charge in [0.05, 0.1) is 25.2 Å². The number of morpholine rings is 1. The van der Waals surface area contributed by atoms with Gasteiger partial charge in [0.15, 0.2) is 0 Å². The Morgan fingerprint density at radius 2 is 2.00 bits per heavy atom. The lowest BCUT2D eigenvalue weighted by molar-refractivity contribution is -0.121. The fourth-order valence-corrected chi connectivity index (χ4v) is 1.39. The van der Waals surface area contributed by atoms with Gasteiger partial charge in [-0.25, -0.2) is 0 Å². The van der Waals surface area contributed by atoms with Gasteiger partial charge < -0.3 is 14.4 Å². The molecule has 0 N–H and O–H groups in total. The lowest BCUT2D eigenvalue weighted by Gasteiger charge is -2.21. The molecule has 0 aromatic heterocycles. The van der Waals surface area contributed by atoms with Crippen molar-refractivity contribution in [1.29, 1.82) is 0 Å². The van der Waals surface area contributed by atoms with Crippen LogP contribution in [0.15, 0.2) is 17.1 Å². The monoisotopic (exact) mass is 238 g/mol. The number of nitrogens with zero attached hydrogens (tertiary/aromatic N) is 2. The fraction of sp³-hybridized carbons (Fsp3) is 0.583. The SMILES string of the molecule is CC1C=CC(C=O)C=N1.O=CN1CCOCC1. The largest absolute Gasteiger partial charge is 0.378 e. The first-order chi connectivity index (χ1) is 8.26. The average molecular weight is 238 g/mol. The minimum Gasteiger partial charge on any atom is -0.378 e. The Bertz CT molecular complexity index is 282. The summed E-state index contributed by atoms with van der Waals surface area (Å²) in [7, 11) is 0. The molecule has 0 aromatic carbocycles. The molecule has 0 saturated carbocycles. The molecule has 1 saturated heterocycles. The summed E-state index contributed by atoms with van der Waals surface area (Å²) < 4.78 is 5.00. The molecule has 94 valence electrons. The summed E-state index contributed by atoms with van der Waals surface area (Å²) in [6, 6.07) is 0.251. The smallest absolute Gasteiger partial charge is 0.209 e. The summed E-state index contributed by atoms with van der Waals surface area (Å²) in [6.07, 6.45) is 7.22. The molecule has 2 aliphatic heterocycles. The number of aliphatic imine (C=N–C) groups is 1. The van der Waals surface area contributed by atoms with Gasteiger partial charge in [0.2, 0.25) is 6.41 Å².